The van der Waals surface area contributed by atoms with Crippen LogP contribution in [0.4, 0.5) is 0 Å². The van der Waals surface area contributed by atoms with E-state index in [1.165, 1.54) is 6.92 Å². The van der Waals surface area contributed by atoms with Crippen molar-refractivity contribution >= 4 is 5.97 Å². The molecule has 4 heteroatoms. The molecular weight excluding hydrogens is 424 g/mol. The Morgan fingerprint density at radius 2 is 1.76 bits per heavy atom. The molecule has 192 valence electrons. The summed E-state index contributed by atoms with van der Waals surface area (Å²) >= 11 is 0. The van der Waals surface area contributed by atoms with Crippen LogP contribution < -0.4 is 0 Å². The lowest BCUT2D eigenvalue weighted by molar-refractivity contribution is -0.195. The first kappa shape index (κ1) is 25.9. The number of hydrogen-bond acceptors (Lipinski definition) is 4. The molecule has 0 aromatic heterocycles. The summed E-state index contributed by atoms with van der Waals surface area (Å²) in [6.45, 7) is 15.2. The topological polar surface area (TPSA) is 66.8 Å². The highest BCUT2D eigenvalue weighted by Gasteiger charge is 2.67. The molecule has 0 amide bonds. The number of fused-ring (bicyclic) bond motifs is 5. The highest BCUT2D eigenvalue weighted by molar-refractivity contribution is 5.66. The molecule has 0 aliphatic heterocycles. The predicted octanol–water partition coefficient (Wildman–Crippen LogP) is 6.21. The number of allylic oxidation sites excluding steroid dienone is 3. The molecule has 0 saturated heterocycles. The summed E-state index contributed by atoms with van der Waals surface area (Å²) in [5, 5.41) is 24.2. The van der Waals surface area contributed by atoms with Crippen molar-refractivity contribution in [2.75, 3.05) is 0 Å². The number of esters is 1. The predicted molar refractivity (Wildman–Crippen MR) is 136 cm³/mol. The van der Waals surface area contributed by atoms with Gasteiger partial charge in [-0.1, -0.05) is 59.8 Å². The van der Waals surface area contributed by atoms with E-state index in [1.807, 2.05) is 0 Å². The molecular formula is C30H48O4. The molecule has 4 aliphatic rings. The zero-order chi connectivity index (χ0) is 25.1. The fourth-order valence-electron chi connectivity index (χ4n) is 8.49. The van der Waals surface area contributed by atoms with Gasteiger partial charge in [0.25, 0.3) is 0 Å². The molecule has 9 unspecified atom stereocenters. The molecule has 3 saturated carbocycles. The standard InChI is InChI=1S/C30H48O4/c1-19(2)20(3)8-9-21(4)24-10-11-25-27(24,6)14-13-26-28(7)15-12-23(34-22(5)31)18-29(28,32)16-17-30(25,26)33/h8-9,13,19-21,23-25,32-33H,10-12,14-18H2,1-7H3. The van der Waals surface area contributed by atoms with Gasteiger partial charge >= 0.3 is 5.97 Å². The van der Waals surface area contributed by atoms with Crippen molar-refractivity contribution in [1.82, 2.24) is 0 Å². The highest BCUT2D eigenvalue weighted by atomic mass is 16.5. The van der Waals surface area contributed by atoms with Crippen LogP contribution in [0.3, 0.4) is 0 Å². The first-order chi connectivity index (χ1) is 15.8. The quantitative estimate of drug-likeness (QED) is 0.369. The molecule has 0 aromatic rings. The summed E-state index contributed by atoms with van der Waals surface area (Å²) in [5.74, 6) is 2.23. The summed E-state index contributed by atoms with van der Waals surface area (Å²) < 4.78 is 5.50. The van der Waals surface area contributed by atoms with E-state index in [2.05, 4.69) is 59.8 Å². The lowest BCUT2D eigenvalue weighted by Crippen LogP contribution is -2.65. The van der Waals surface area contributed by atoms with E-state index in [4.69, 9.17) is 4.74 Å². The molecule has 0 radical (unpaired) electrons. The summed E-state index contributed by atoms with van der Waals surface area (Å²) in [6.07, 6.45) is 13.2. The lowest BCUT2D eigenvalue weighted by Gasteiger charge is -2.63. The van der Waals surface area contributed by atoms with Crippen LogP contribution in [0.15, 0.2) is 23.8 Å². The van der Waals surface area contributed by atoms with Gasteiger partial charge in [-0.25, -0.2) is 0 Å². The molecule has 9 atom stereocenters. The number of ether oxygens (including phenoxy) is 1. The minimum absolute atomic E-state index is 0.0732. The zero-order valence-electron chi connectivity index (χ0n) is 22.6. The van der Waals surface area contributed by atoms with Crippen LogP contribution >= 0.6 is 0 Å². The van der Waals surface area contributed by atoms with Crippen molar-refractivity contribution in [2.45, 2.75) is 117 Å². The largest absolute Gasteiger partial charge is 0.462 e. The fourth-order valence-corrected chi connectivity index (χ4v) is 8.49. The van der Waals surface area contributed by atoms with E-state index in [-0.39, 0.29) is 23.4 Å². The van der Waals surface area contributed by atoms with Gasteiger partial charge in [0.05, 0.1) is 11.2 Å². The molecule has 0 heterocycles. The second-order valence-corrected chi connectivity index (χ2v) is 13.2. The number of aliphatic hydroxyl groups is 2. The third-order valence-electron chi connectivity index (χ3n) is 11.0. The molecule has 3 fully saturated rings. The summed E-state index contributed by atoms with van der Waals surface area (Å²) in [5.41, 5.74) is -1.09. The van der Waals surface area contributed by atoms with Crippen LogP contribution in [0.1, 0.15) is 99.8 Å². The van der Waals surface area contributed by atoms with Gasteiger partial charge in [0, 0.05) is 18.8 Å². The third kappa shape index (κ3) is 3.92. The lowest BCUT2D eigenvalue weighted by atomic mass is 9.45. The maximum absolute atomic E-state index is 12.4. The van der Waals surface area contributed by atoms with Gasteiger partial charge in [0.2, 0.25) is 0 Å². The van der Waals surface area contributed by atoms with Crippen molar-refractivity contribution in [3.8, 4) is 0 Å². The van der Waals surface area contributed by atoms with Gasteiger partial charge in [0.1, 0.15) is 6.10 Å². The Labute approximate surface area is 207 Å². The molecule has 0 spiro atoms. The fraction of sp³-hybridized carbons (Fsp3) is 0.833. The van der Waals surface area contributed by atoms with Gasteiger partial charge in [-0.15, -0.1) is 0 Å². The molecule has 0 bridgehead atoms. The highest BCUT2D eigenvalue weighted by Crippen LogP contribution is 2.68. The Bertz CT molecular complexity index is 860. The Hall–Kier alpha value is -1.13. The van der Waals surface area contributed by atoms with E-state index in [0.29, 0.717) is 42.9 Å². The Morgan fingerprint density at radius 3 is 2.41 bits per heavy atom. The second-order valence-electron chi connectivity index (χ2n) is 13.2. The number of hydrogen-bond donors (Lipinski definition) is 2. The van der Waals surface area contributed by atoms with Gasteiger partial charge < -0.3 is 14.9 Å². The zero-order valence-corrected chi connectivity index (χ0v) is 22.6. The van der Waals surface area contributed by atoms with Crippen molar-refractivity contribution in [1.29, 1.82) is 0 Å². The first-order valence-corrected chi connectivity index (χ1v) is 13.8. The monoisotopic (exact) mass is 472 g/mol. The minimum Gasteiger partial charge on any atom is -0.462 e. The minimum atomic E-state index is -0.932. The summed E-state index contributed by atoms with van der Waals surface area (Å²) in [4.78, 5) is 11.5. The van der Waals surface area contributed by atoms with Crippen molar-refractivity contribution < 1.29 is 19.7 Å². The SMILES string of the molecule is CC(=O)OC1CCC2(C)C3=CCC4(C)C(C(C)C=CC(C)C(C)C)CCC4C3(O)CCC2(O)C1. The second kappa shape index (κ2) is 8.76. The van der Waals surface area contributed by atoms with Gasteiger partial charge in [-0.3, -0.25) is 4.79 Å². The third-order valence-corrected chi connectivity index (χ3v) is 11.0. The average molecular weight is 473 g/mol. The van der Waals surface area contributed by atoms with Crippen LogP contribution in [0.25, 0.3) is 0 Å². The smallest absolute Gasteiger partial charge is 0.302 e. The molecule has 4 rings (SSSR count). The molecule has 34 heavy (non-hydrogen) atoms. The Morgan fingerprint density at radius 1 is 1.06 bits per heavy atom. The van der Waals surface area contributed by atoms with Crippen molar-refractivity contribution in [3.05, 3.63) is 23.8 Å². The van der Waals surface area contributed by atoms with Crippen LogP contribution in [0.2, 0.25) is 0 Å². The molecule has 4 aliphatic carbocycles. The molecule has 4 nitrogen and oxygen atoms in total. The molecule has 0 aromatic carbocycles. The average Bonchev–Trinajstić information content (AvgIpc) is 3.11. The maximum Gasteiger partial charge on any atom is 0.302 e. The van der Waals surface area contributed by atoms with Crippen LogP contribution in [-0.2, 0) is 9.53 Å². The number of carbonyl (C=O) groups excluding carboxylic acids is 1. The van der Waals surface area contributed by atoms with Crippen LogP contribution in [-0.4, -0.2) is 33.5 Å². The summed E-state index contributed by atoms with van der Waals surface area (Å²) in [7, 11) is 0. The van der Waals surface area contributed by atoms with Crippen LogP contribution in [0, 0.1) is 40.4 Å². The van der Waals surface area contributed by atoms with Gasteiger partial charge in [0.15, 0.2) is 0 Å². The van der Waals surface area contributed by atoms with Crippen molar-refractivity contribution in [2.24, 2.45) is 40.4 Å². The first-order valence-electron chi connectivity index (χ1n) is 13.8. The van der Waals surface area contributed by atoms with E-state index in [1.54, 1.807) is 0 Å². The van der Waals surface area contributed by atoms with Crippen LogP contribution in [0.5, 0.6) is 0 Å². The van der Waals surface area contributed by atoms with E-state index in [9.17, 15) is 15.0 Å². The van der Waals surface area contributed by atoms with E-state index < -0.39 is 16.6 Å². The van der Waals surface area contributed by atoms with E-state index >= 15 is 0 Å². The van der Waals surface area contributed by atoms with Gasteiger partial charge in [-0.2, -0.15) is 0 Å². The normalized spacial score (nSPS) is 45.8. The Kier molecular flexibility index (Phi) is 6.69. The number of rotatable bonds is 5. The number of carbonyl (C=O) groups is 1. The Balaban J connectivity index is 1.61. The summed E-state index contributed by atoms with van der Waals surface area (Å²) in [6, 6.07) is 0. The maximum atomic E-state index is 12.4. The van der Waals surface area contributed by atoms with E-state index in [0.717, 1.165) is 37.7 Å². The van der Waals surface area contributed by atoms with Gasteiger partial charge in [-0.05, 0) is 85.5 Å². The molecule has 2 N–H and O–H groups in total. The van der Waals surface area contributed by atoms with Crippen molar-refractivity contribution in [3.63, 3.8) is 0 Å².